The van der Waals surface area contributed by atoms with E-state index in [1.807, 2.05) is 0 Å². The van der Waals surface area contributed by atoms with E-state index in [1.165, 1.54) is 24.3 Å². The van der Waals surface area contributed by atoms with Gasteiger partial charge in [-0.2, -0.15) is 13.2 Å². The summed E-state index contributed by atoms with van der Waals surface area (Å²) in [7, 11) is 0. The average molecular weight is 697 g/mol. The van der Waals surface area contributed by atoms with Crippen LogP contribution in [0.15, 0.2) is 42.0 Å². The van der Waals surface area contributed by atoms with Crippen molar-refractivity contribution >= 4 is 29.8 Å². The van der Waals surface area contributed by atoms with Gasteiger partial charge in [0, 0.05) is 50.4 Å². The lowest BCUT2D eigenvalue weighted by molar-refractivity contribution is -0.190. The lowest BCUT2D eigenvalue weighted by Gasteiger charge is -2.31. The van der Waals surface area contributed by atoms with Crippen LogP contribution in [0, 0.1) is 0 Å². The molecule has 14 heteroatoms. The number of hydrogen-bond donors (Lipinski definition) is 3. The van der Waals surface area contributed by atoms with Crippen molar-refractivity contribution < 1.29 is 56.4 Å². The second-order valence-electron chi connectivity index (χ2n) is 12.1. The highest BCUT2D eigenvalue weighted by atomic mass is 19.4. The number of hydrogen-bond acceptors (Lipinski definition) is 9. The highest BCUT2D eigenvalue weighted by Gasteiger charge is 2.52. The molecule has 0 saturated carbocycles. The highest BCUT2D eigenvalue weighted by Crippen LogP contribution is 2.43. The first-order chi connectivity index (χ1) is 23.4. The van der Waals surface area contributed by atoms with Crippen LogP contribution >= 0.6 is 0 Å². The summed E-state index contributed by atoms with van der Waals surface area (Å²) in [6.45, 7) is 2.44. The van der Waals surface area contributed by atoms with Gasteiger partial charge in [-0.3, -0.25) is 9.59 Å². The number of unbranched alkanes of at least 4 members (excludes halogenated alkanes) is 4. The summed E-state index contributed by atoms with van der Waals surface area (Å²) < 4.78 is 60.4. The Morgan fingerprint density at radius 3 is 2.39 bits per heavy atom. The number of aliphatic hydroxyl groups is 1. The molecule has 2 aliphatic rings. The van der Waals surface area contributed by atoms with Gasteiger partial charge in [0.25, 0.3) is 0 Å². The molecule has 3 N–H and O–H groups in total. The van der Waals surface area contributed by atoms with Crippen LogP contribution in [0.5, 0.6) is 0 Å². The smallest absolute Gasteiger partial charge is 0.422 e. The second kappa shape index (κ2) is 19.4. The van der Waals surface area contributed by atoms with E-state index in [0.717, 1.165) is 44.6 Å². The molecule has 1 aliphatic heterocycles. The predicted molar refractivity (Wildman–Crippen MR) is 173 cm³/mol. The minimum atomic E-state index is -4.66. The Hall–Kier alpha value is -3.75. The number of benzene rings is 1. The molecule has 49 heavy (non-hydrogen) atoms. The first-order valence-corrected chi connectivity index (χ1v) is 16.8. The molecule has 1 saturated heterocycles. The maximum Gasteiger partial charge on any atom is 0.422 e. The Balaban J connectivity index is 1.79. The molecule has 3 atom stereocenters. The Morgan fingerprint density at radius 1 is 1.02 bits per heavy atom. The van der Waals surface area contributed by atoms with Crippen LogP contribution in [0.4, 0.5) is 13.2 Å². The van der Waals surface area contributed by atoms with E-state index in [9.17, 15) is 32.3 Å². The van der Waals surface area contributed by atoms with E-state index in [0.29, 0.717) is 24.0 Å². The first kappa shape index (κ1) is 39.7. The fraction of sp³-hybridized carbons (Fsp3) is 0.600. The third kappa shape index (κ3) is 13.2. The molecule has 3 unspecified atom stereocenters. The molecule has 272 valence electrons. The van der Waals surface area contributed by atoms with Crippen molar-refractivity contribution in [3.8, 4) is 0 Å². The van der Waals surface area contributed by atoms with Gasteiger partial charge in [0.2, 0.25) is 11.8 Å². The average Bonchev–Trinajstić information content (AvgIpc) is 3.44. The molecule has 3 rings (SSSR count). The minimum Gasteiger partial charge on any atom is -0.456 e. The maximum atomic E-state index is 13.5. The number of ether oxygens (including phenoxy) is 4. The molecule has 0 aromatic heterocycles. The first-order valence-electron chi connectivity index (χ1n) is 16.8. The summed E-state index contributed by atoms with van der Waals surface area (Å²) in [6.07, 6.45) is 3.80. The Labute approximate surface area is 284 Å². The molecule has 0 spiro atoms. The number of carbonyl (C=O) groups excluding carboxylic acids is 4. The van der Waals surface area contributed by atoms with Crippen molar-refractivity contribution in [1.29, 1.82) is 0 Å². The summed E-state index contributed by atoms with van der Waals surface area (Å²) in [5, 5.41) is 14.1. The number of esters is 2. The van der Waals surface area contributed by atoms with Gasteiger partial charge < -0.3 is 34.7 Å². The van der Waals surface area contributed by atoms with Crippen LogP contribution in [-0.2, 0) is 33.3 Å². The van der Waals surface area contributed by atoms with Gasteiger partial charge in [0.1, 0.15) is 18.3 Å². The van der Waals surface area contributed by atoms with Crippen molar-refractivity contribution in [2.24, 2.45) is 0 Å². The summed E-state index contributed by atoms with van der Waals surface area (Å²) in [5.74, 6) is -3.62. The van der Waals surface area contributed by atoms with Crippen LogP contribution in [0.2, 0.25) is 0 Å². The quantitative estimate of drug-likeness (QED) is 0.104. The van der Waals surface area contributed by atoms with Crippen LogP contribution in [0.3, 0.4) is 0 Å². The molecule has 1 heterocycles. The predicted octanol–water partition coefficient (Wildman–Crippen LogP) is 4.92. The number of fused-ring (bicyclic) bond motifs is 1. The molecule has 1 aliphatic carbocycles. The number of alkyl halides is 3. The molecule has 0 radical (unpaired) electrons. The molecule has 11 nitrogen and oxygen atoms in total. The number of amides is 2. The third-order valence-electron chi connectivity index (χ3n) is 8.03. The number of aliphatic hydroxyl groups excluding tert-OH is 1. The largest absolute Gasteiger partial charge is 0.456 e. The van der Waals surface area contributed by atoms with Gasteiger partial charge in [0.05, 0.1) is 12.2 Å². The molecular weight excluding hydrogens is 649 g/mol. The van der Waals surface area contributed by atoms with Crippen molar-refractivity contribution in [1.82, 2.24) is 10.6 Å². The van der Waals surface area contributed by atoms with Crippen LogP contribution in [0.1, 0.15) is 94.0 Å². The van der Waals surface area contributed by atoms with Gasteiger partial charge >= 0.3 is 18.1 Å². The normalized spacial score (nSPS) is 20.0. The van der Waals surface area contributed by atoms with Gasteiger partial charge in [-0.25, -0.2) is 9.59 Å². The SMILES string of the molecule is CCCCCC1(CCCCC)OC2C=C(C(=O)NCCC(=O)NCCO)CC(OC(=O)c3cccc(C=CC(=O)OCC(F)(F)F)c3)C2O1. The highest BCUT2D eigenvalue weighted by molar-refractivity contribution is 5.95. The van der Waals surface area contributed by atoms with E-state index in [1.54, 1.807) is 12.1 Å². The Morgan fingerprint density at radius 2 is 1.73 bits per heavy atom. The van der Waals surface area contributed by atoms with E-state index >= 15 is 0 Å². The lowest BCUT2D eigenvalue weighted by atomic mass is 9.91. The molecule has 2 amide bonds. The minimum absolute atomic E-state index is 0.00586. The van der Waals surface area contributed by atoms with Gasteiger partial charge in [0.15, 0.2) is 12.4 Å². The lowest BCUT2D eigenvalue weighted by Crippen LogP contribution is -2.44. The Kier molecular flexibility index (Phi) is 15.7. The standard InChI is InChI=1S/C35H47F3N2O9/c1-3-5-7-15-34(16-8-6-4-2)48-28-22-26(32(44)40-17-14-29(42)39-18-19-41)21-27(31(28)49-34)47-33(45)25-11-9-10-24(20-25)12-13-30(43)46-23-35(36,37)38/h9-13,20,22,27-28,31,41H,3-8,14-19,21,23H2,1-2H3,(H,39,42)(H,40,44). The molecule has 1 aromatic rings. The maximum absolute atomic E-state index is 13.5. The number of halogens is 3. The fourth-order valence-corrected chi connectivity index (χ4v) is 5.63. The summed E-state index contributed by atoms with van der Waals surface area (Å²) >= 11 is 0. The fourth-order valence-electron chi connectivity index (χ4n) is 5.63. The third-order valence-corrected chi connectivity index (χ3v) is 8.03. The van der Waals surface area contributed by atoms with Crippen molar-refractivity contribution in [3.05, 3.63) is 53.1 Å². The van der Waals surface area contributed by atoms with Crippen LogP contribution < -0.4 is 10.6 Å². The van der Waals surface area contributed by atoms with Crippen molar-refractivity contribution in [2.45, 2.75) is 108 Å². The molecular formula is C35H47F3N2O9. The molecule has 1 aromatic carbocycles. The topological polar surface area (TPSA) is 149 Å². The van der Waals surface area contributed by atoms with Crippen LogP contribution in [-0.4, -0.2) is 85.4 Å². The Bertz CT molecular complexity index is 1320. The molecule has 1 fully saturated rings. The zero-order valence-electron chi connectivity index (χ0n) is 28.0. The summed E-state index contributed by atoms with van der Waals surface area (Å²) in [5.41, 5.74) is 0.757. The second-order valence-corrected chi connectivity index (χ2v) is 12.1. The number of rotatable bonds is 19. The summed E-state index contributed by atoms with van der Waals surface area (Å²) in [4.78, 5) is 50.3. The molecule has 0 bridgehead atoms. The monoisotopic (exact) mass is 696 g/mol. The number of nitrogens with one attached hydrogen (secondary N) is 2. The van der Waals surface area contributed by atoms with Crippen molar-refractivity contribution in [2.75, 3.05) is 26.3 Å². The summed E-state index contributed by atoms with van der Waals surface area (Å²) in [6, 6.07) is 5.97. The van der Waals surface area contributed by atoms with E-state index in [-0.39, 0.29) is 44.0 Å². The van der Waals surface area contributed by atoms with Gasteiger partial charge in [-0.15, -0.1) is 0 Å². The number of carbonyl (C=O) groups is 4. The van der Waals surface area contributed by atoms with E-state index in [2.05, 4.69) is 29.2 Å². The van der Waals surface area contributed by atoms with Gasteiger partial charge in [-0.05, 0) is 42.7 Å². The zero-order chi connectivity index (χ0) is 35.9. The van der Waals surface area contributed by atoms with Crippen LogP contribution in [0.25, 0.3) is 6.08 Å². The van der Waals surface area contributed by atoms with E-state index in [4.69, 9.17) is 19.3 Å². The van der Waals surface area contributed by atoms with Crippen molar-refractivity contribution in [3.63, 3.8) is 0 Å². The van der Waals surface area contributed by atoms with E-state index < -0.39 is 54.7 Å². The zero-order valence-corrected chi connectivity index (χ0v) is 28.0. The van der Waals surface area contributed by atoms with Gasteiger partial charge in [-0.1, -0.05) is 51.7 Å².